The third-order valence-electron chi connectivity index (χ3n) is 3.95. The van der Waals surface area contributed by atoms with Gasteiger partial charge < -0.3 is 15.8 Å². The van der Waals surface area contributed by atoms with Gasteiger partial charge in [-0.05, 0) is 38.3 Å². The normalized spacial score (nSPS) is 24.4. The molecule has 7 heteroatoms. The topological polar surface area (TPSA) is 61.8 Å². The summed E-state index contributed by atoms with van der Waals surface area (Å²) in [5.74, 6) is -2.04. The van der Waals surface area contributed by atoms with Gasteiger partial charge in [-0.15, -0.1) is 0 Å². The fourth-order valence-electron chi connectivity index (χ4n) is 2.80. The molecule has 3 N–H and O–H groups in total. The molecule has 1 heterocycles. The first kappa shape index (κ1) is 17.1. The molecule has 0 saturated carbocycles. The maximum atomic E-state index is 12.9. The van der Waals surface area contributed by atoms with Crippen molar-refractivity contribution < 1.29 is 18.4 Å². The van der Waals surface area contributed by atoms with Crippen LogP contribution in [-0.4, -0.2) is 41.8 Å². The SMILES string of the molecule is CCCC1CCCN(CC(C(N)=NO)C(F)(F)F)CC1. The molecule has 118 valence electrons. The lowest BCUT2D eigenvalue weighted by atomic mass is 9.96. The average Bonchev–Trinajstić information content (AvgIpc) is 2.60. The van der Waals surface area contributed by atoms with Crippen LogP contribution in [0.1, 0.15) is 39.0 Å². The van der Waals surface area contributed by atoms with E-state index in [0.717, 1.165) is 32.1 Å². The second-order valence-corrected chi connectivity index (χ2v) is 5.51. The highest BCUT2D eigenvalue weighted by Gasteiger charge is 2.43. The summed E-state index contributed by atoms with van der Waals surface area (Å²) in [4.78, 5) is 1.78. The smallest absolute Gasteiger partial charge is 0.400 e. The molecule has 0 radical (unpaired) electrons. The summed E-state index contributed by atoms with van der Waals surface area (Å²) in [5.41, 5.74) is 5.19. The van der Waals surface area contributed by atoms with E-state index in [9.17, 15) is 13.2 Å². The van der Waals surface area contributed by atoms with Crippen molar-refractivity contribution in [2.24, 2.45) is 22.7 Å². The van der Waals surface area contributed by atoms with Gasteiger partial charge in [-0.25, -0.2) is 0 Å². The third kappa shape index (κ3) is 5.19. The Morgan fingerprint density at radius 3 is 2.65 bits per heavy atom. The van der Waals surface area contributed by atoms with E-state index in [0.29, 0.717) is 19.0 Å². The van der Waals surface area contributed by atoms with Gasteiger partial charge in [-0.3, -0.25) is 0 Å². The Morgan fingerprint density at radius 2 is 2.10 bits per heavy atom. The van der Waals surface area contributed by atoms with Crippen molar-refractivity contribution in [2.45, 2.75) is 45.2 Å². The minimum absolute atomic E-state index is 0.224. The van der Waals surface area contributed by atoms with Gasteiger partial charge in [0.05, 0.1) is 0 Å². The molecule has 0 amide bonds. The van der Waals surface area contributed by atoms with Crippen molar-refractivity contribution in [1.82, 2.24) is 4.90 Å². The lowest BCUT2D eigenvalue weighted by Crippen LogP contribution is -2.44. The Bertz CT molecular complexity index is 320. The van der Waals surface area contributed by atoms with Crippen LogP contribution in [0.2, 0.25) is 0 Å². The van der Waals surface area contributed by atoms with Crippen molar-refractivity contribution in [3.63, 3.8) is 0 Å². The highest BCUT2D eigenvalue weighted by molar-refractivity contribution is 5.83. The van der Waals surface area contributed by atoms with E-state index in [1.165, 1.54) is 0 Å². The van der Waals surface area contributed by atoms with Crippen molar-refractivity contribution >= 4 is 5.84 Å². The second-order valence-electron chi connectivity index (χ2n) is 5.51. The van der Waals surface area contributed by atoms with E-state index in [2.05, 4.69) is 12.1 Å². The predicted octanol–water partition coefficient (Wildman–Crippen LogP) is 2.81. The highest BCUT2D eigenvalue weighted by Crippen LogP contribution is 2.29. The number of amidine groups is 1. The summed E-state index contributed by atoms with van der Waals surface area (Å²) in [6.45, 7) is 3.19. The predicted molar refractivity (Wildman–Crippen MR) is 71.6 cm³/mol. The van der Waals surface area contributed by atoms with Gasteiger partial charge in [0.1, 0.15) is 5.92 Å². The molecule has 0 aliphatic carbocycles. The van der Waals surface area contributed by atoms with E-state index >= 15 is 0 Å². The summed E-state index contributed by atoms with van der Waals surface area (Å²) >= 11 is 0. The fraction of sp³-hybridized carbons (Fsp3) is 0.923. The molecule has 1 rings (SSSR count). The number of hydrogen-bond acceptors (Lipinski definition) is 3. The Morgan fingerprint density at radius 1 is 1.40 bits per heavy atom. The Labute approximate surface area is 117 Å². The number of likely N-dealkylation sites (tertiary alicyclic amines) is 1. The Balaban J connectivity index is 2.61. The lowest BCUT2D eigenvalue weighted by Gasteiger charge is -2.27. The zero-order valence-corrected chi connectivity index (χ0v) is 11.9. The van der Waals surface area contributed by atoms with Crippen LogP contribution in [0.25, 0.3) is 0 Å². The van der Waals surface area contributed by atoms with E-state index in [1.54, 1.807) is 4.90 Å². The molecule has 1 aliphatic heterocycles. The minimum atomic E-state index is -4.48. The molecule has 0 bridgehead atoms. The summed E-state index contributed by atoms with van der Waals surface area (Å²) in [7, 11) is 0. The van der Waals surface area contributed by atoms with Crippen LogP contribution in [-0.2, 0) is 0 Å². The van der Waals surface area contributed by atoms with Gasteiger partial charge in [0, 0.05) is 6.54 Å². The van der Waals surface area contributed by atoms with Crippen LogP contribution in [0.4, 0.5) is 13.2 Å². The quantitative estimate of drug-likeness (QED) is 0.355. The summed E-state index contributed by atoms with van der Waals surface area (Å²) < 4.78 is 38.7. The average molecular weight is 295 g/mol. The molecule has 0 aromatic carbocycles. The second kappa shape index (κ2) is 7.71. The molecule has 0 aromatic rings. The number of hydrogen-bond donors (Lipinski definition) is 2. The van der Waals surface area contributed by atoms with Crippen LogP contribution in [0, 0.1) is 11.8 Å². The molecular weight excluding hydrogens is 271 g/mol. The molecule has 1 aliphatic rings. The molecule has 1 fully saturated rings. The molecule has 4 nitrogen and oxygen atoms in total. The molecular formula is C13H24F3N3O. The third-order valence-corrected chi connectivity index (χ3v) is 3.95. The molecule has 1 saturated heterocycles. The maximum absolute atomic E-state index is 12.9. The van der Waals surface area contributed by atoms with Gasteiger partial charge in [0.25, 0.3) is 0 Å². The lowest BCUT2D eigenvalue weighted by molar-refractivity contribution is -0.160. The van der Waals surface area contributed by atoms with Gasteiger partial charge in [-0.1, -0.05) is 24.9 Å². The van der Waals surface area contributed by atoms with Crippen LogP contribution in [0.15, 0.2) is 5.16 Å². The number of halogens is 3. The molecule has 20 heavy (non-hydrogen) atoms. The zero-order valence-electron chi connectivity index (χ0n) is 11.9. The van der Waals surface area contributed by atoms with Crippen molar-refractivity contribution in [3.05, 3.63) is 0 Å². The van der Waals surface area contributed by atoms with Crippen LogP contribution in [0.5, 0.6) is 0 Å². The number of nitrogens with zero attached hydrogens (tertiary/aromatic N) is 2. The van der Waals surface area contributed by atoms with Gasteiger partial charge in [-0.2, -0.15) is 13.2 Å². The van der Waals surface area contributed by atoms with Crippen molar-refractivity contribution in [3.8, 4) is 0 Å². The van der Waals surface area contributed by atoms with Gasteiger partial charge >= 0.3 is 6.18 Å². The number of alkyl halides is 3. The molecule has 0 spiro atoms. The van der Waals surface area contributed by atoms with Gasteiger partial charge in [0.2, 0.25) is 0 Å². The minimum Gasteiger partial charge on any atom is -0.409 e. The van der Waals surface area contributed by atoms with E-state index in [-0.39, 0.29) is 6.54 Å². The number of oxime groups is 1. The van der Waals surface area contributed by atoms with E-state index in [1.807, 2.05) is 0 Å². The largest absolute Gasteiger partial charge is 0.409 e. The fourth-order valence-corrected chi connectivity index (χ4v) is 2.80. The first-order chi connectivity index (χ1) is 9.38. The Kier molecular flexibility index (Phi) is 6.58. The summed E-state index contributed by atoms with van der Waals surface area (Å²) in [6.07, 6.45) is 0.673. The summed E-state index contributed by atoms with van der Waals surface area (Å²) in [6, 6.07) is 0. The highest BCUT2D eigenvalue weighted by atomic mass is 19.4. The van der Waals surface area contributed by atoms with Crippen molar-refractivity contribution in [2.75, 3.05) is 19.6 Å². The first-order valence-corrected chi connectivity index (χ1v) is 7.15. The van der Waals surface area contributed by atoms with Crippen LogP contribution >= 0.6 is 0 Å². The molecule has 2 unspecified atom stereocenters. The number of nitrogens with two attached hydrogens (primary N) is 1. The molecule has 0 aromatic heterocycles. The Hall–Kier alpha value is -0.980. The van der Waals surface area contributed by atoms with E-state index in [4.69, 9.17) is 10.9 Å². The first-order valence-electron chi connectivity index (χ1n) is 7.15. The monoisotopic (exact) mass is 295 g/mol. The van der Waals surface area contributed by atoms with Gasteiger partial charge in [0.15, 0.2) is 5.84 Å². The molecule has 2 atom stereocenters. The summed E-state index contributed by atoms with van der Waals surface area (Å²) in [5, 5.41) is 11.0. The van der Waals surface area contributed by atoms with Crippen molar-refractivity contribution in [1.29, 1.82) is 0 Å². The maximum Gasteiger partial charge on any atom is 0.400 e. The van der Waals surface area contributed by atoms with E-state index < -0.39 is 17.9 Å². The van der Waals surface area contributed by atoms with Crippen LogP contribution in [0.3, 0.4) is 0 Å². The zero-order chi connectivity index (χ0) is 15.2. The standard InChI is InChI=1S/C13H24F3N3O/c1-2-4-10-5-3-7-19(8-6-10)9-11(12(17)18-20)13(14,15)16/h10-11,20H,2-9H2,1H3,(H2,17,18). The number of rotatable bonds is 5. The van der Waals surface area contributed by atoms with Crippen LogP contribution < -0.4 is 5.73 Å².